The van der Waals surface area contributed by atoms with Gasteiger partial charge >= 0.3 is 12.1 Å². The fraction of sp³-hybridized carbons (Fsp3) is 0.176. The number of carboxylic acids is 1. The molecule has 0 heterocycles. The molecule has 2 aromatic rings. The van der Waals surface area contributed by atoms with Gasteiger partial charge in [-0.3, -0.25) is 9.59 Å². The first-order chi connectivity index (χ1) is 12.1. The van der Waals surface area contributed by atoms with Gasteiger partial charge in [0.15, 0.2) is 0 Å². The summed E-state index contributed by atoms with van der Waals surface area (Å²) in [7, 11) is 0. The molecule has 0 aliphatic heterocycles. The molecule has 0 unspecified atom stereocenters. The van der Waals surface area contributed by atoms with E-state index in [2.05, 4.69) is 5.32 Å². The lowest BCUT2D eigenvalue weighted by Crippen LogP contribution is -2.21. The molecule has 0 fully saturated rings. The molecule has 26 heavy (non-hydrogen) atoms. The minimum atomic E-state index is -4.62. The smallest absolute Gasteiger partial charge is 0.416 e. The van der Waals surface area contributed by atoms with Gasteiger partial charge in [0, 0.05) is 6.42 Å². The zero-order valence-corrected chi connectivity index (χ0v) is 13.7. The summed E-state index contributed by atoms with van der Waals surface area (Å²) in [5.41, 5.74) is -1.11. The highest BCUT2D eigenvalue weighted by molar-refractivity contribution is 6.33. The van der Waals surface area contributed by atoms with Crippen LogP contribution in [0.5, 0.6) is 0 Å². The number of hydrogen-bond acceptors (Lipinski definition) is 2. The first kappa shape index (κ1) is 19.7. The van der Waals surface area contributed by atoms with Crippen LogP contribution < -0.4 is 5.32 Å². The Bertz CT molecular complexity index is 822. The van der Waals surface area contributed by atoms with Crippen LogP contribution in [0, 0.1) is 5.82 Å². The summed E-state index contributed by atoms with van der Waals surface area (Å²) in [6.07, 6.45) is -5.19. The molecule has 0 aliphatic rings. The molecule has 138 valence electrons. The van der Waals surface area contributed by atoms with E-state index in [-0.39, 0.29) is 16.3 Å². The third-order valence-corrected chi connectivity index (χ3v) is 3.86. The molecule has 0 spiro atoms. The first-order valence-electron chi connectivity index (χ1n) is 7.23. The van der Waals surface area contributed by atoms with Gasteiger partial charge in [-0.1, -0.05) is 23.7 Å². The van der Waals surface area contributed by atoms with Crippen molar-refractivity contribution in [1.29, 1.82) is 0 Å². The van der Waals surface area contributed by atoms with Gasteiger partial charge in [-0.15, -0.1) is 0 Å². The van der Waals surface area contributed by atoms with Gasteiger partial charge in [0.05, 0.1) is 22.2 Å². The van der Waals surface area contributed by atoms with Crippen molar-refractivity contribution in [3.05, 3.63) is 64.4 Å². The van der Waals surface area contributed by atoms with Crippen molar-refractivity contribution >= 4 is 29.2 Å². The van der Waals surface area contributed by atoms with E-state index in [1.165, 1.54) is 12.1 Å². The first-order valence-corrected chi connectivity index (χ1v) is 7.60. The molecular weight excluding hydrogens is 378 g/mol. The second kappa shape index (κ2) is 7.74. The second-order valence-corrected chi connectivity index (χ2v) is 5.79. The Balaban J connectivity index is 2.18. The van der Waals surface area contributed by atoms with Crippen LogP contribution in [0.1, 0.15) is 23.5 Å². The quantitative estimate of drug-likeness (QED) is 0.729. The predicted molar refractivity (Wildman–Crippen MR) is 86.5 cm³/mol. The van der Waals surface area contributed by atoms with E-state index >= 15 is 0 Å². The predicted octanol–water partition coefficient (Wildman–Crippen LogP) is 4.69. The van der Waals surface area contributed by atoms with Gasteiger partial charge in [0.2, 0.25) is 5.91 Å². The summed E-state index contributed by atoms with van der Waals surface area (Å²) in [6.45, 7) is 0. The minimum absolute atomic E-state index is 0.125. The molecular formula is C17H12ClF4NO3. The molecule has 1 amide bonds. The van der Waals surface area contributed by atoms with Gasteiger partial charge in [-0.2, -0.15) is 13.2 Å². The monoisotopic (exact) mass is 389 g/mol. The van der Waals surface area contributed by atoms with E-state index < -0.39 is 41.8 Å². The average molecular weight is 390 g/mol. The van der Waals surface area contributed by atoms with Crippen molar-refractivity contribution < 1.29 is 32.3 Å². The van der Waals surface area contributed by atoms with Gasteiger partial charge in [0.25, 0.3) is 0 Å². The molecule has 2 aromatic carbocycles. The number of benzene rings is 2. The minimum Gasteiger partial charge on any atom is -0.481 e. The maximum Gasteiger partial charge on any atom is 0.416 e. The van der Waals surface area contributed by atoms with E-state index in [0.29, 0.717) is 6.07 Å². The standard InChI is InChI=1S/C17H12ClF4NO3/c18-13-6-3-10(17(20,21)22)7-14(13)23-15(24)8-12(16(25)26)9-1-4-11(19)5-2-9/h1-7,12H,8H2,(H,23,24)(H,25,26)/t12-/m1/s1. The average Bonchev–Trinajstić information content (AvgIpc) is 2.54. The van der Waals surface area contributed by atoms with E-state index in [1.807, 2.05) is 0 Å². The van der Waals surface area contributed by atoms with Crippen molar-refractivity contribution in [3.63, 3.8) is 0 Å². The highest BCUT2D eigenvalue weighted by Crippen LogP contribution is 2.34. The zero-order chi connectivity index (χ0) is 19.5. The highest BCUT2D eigenvalue weighted by Gasteiger charge is 2.31. The van der Waals surface area contributed by atoms with Gasteiger partial charge in [-0.25, -0.2) is 4.39 Å². The van der Waals surface area contributed by atoms with Crippen LogP contribution in [-0.2, 0) is 15.8 Å². The Kier molecular flexibility index (Phi) is 5.86. The van der Waals surface area contributed by atoms with Gasteiger partial charge in [0.1, 0.15) is 5.82 Å². The Morgan fingerprint density at radius 2 is 1.73 bits per heavy atom. The van der Waals surface area contributed by atoms with E-state index in [1.54, 1.807) is 0 Å². The number of rotatable bonds is 5. The molecule has 0 bridgehead atoms. The number of amides is 1. The van der Waals surface area contributed by atoms with Crippen molar-refractivity contribution in [3.8, 4) is 0 Å². The van der Waals surface area contributed by atoms with Crippen molar-refractivity contribution in [1.82, 2.24) is 0 Å². The SMILES string of the molecule is O=C(C[C@@H](C(=O)O)c1ccc(F)cc1)Nc1cc(C(F)(F)F)ccc1Cl. The molecule has 2 N–H and O–H groups in total. The Morgan fingerprint density at radius 1 is 1.12 bits per heavy atom. The van der Waals surface area contributed by atoms with Crippen LogP contribution >= 0.6 is 11.6 Å². The number of nitrogens with one attached hydrogen (secondary N) is 1. The maximum absolute atomic E-state index is 12.9. The number of halogens is 5. The van der Waals surface area contributed by atoms with Crippen LogP contribution in [0.15, 0.2) is 42.5 Å². The highest BCUT2D eigenvalue weighted by atomic mass is 35.5. The van der Waals surface area contributed by atoms with Crippen molar-refractivity contribution in [2.45, 2.75) is 18.5 Å². The number of aliphatic carboxylic acids is 1. The maximum atomic E-state index is 12.9. The summed E-state index contributed by atoms with van der Waals surface area (Å²) < 4.78 is 51.2. The summed E-state index contributed by atoms with van der Waals surface area (Å²) in [5, 5.41) is 11.3. The fourth-order valence-corrected chi connectivity index (χ4v) is 2.39. The molecule has 0 radical (unpaired) electrons. The number of hydrogen-bond donors (Lipinski definition) is 2. The van der Waals surface area contributed by atoms with Crippen LogP contribution in [0.3, 0.4) is 0 Å². The molecule has 2 rings (SSSR count). The third kappa shape index (κ3) is 4.95. The fourth-order valence-electron chi connectivity index (χ4n) is 2.23. The van der Waals surface area contributed by atoms with Crippen molar-refractivity contribution in [2.24, 2.45) is 0 Å². The molecule has 0 saturated heterocycles. The molecule has 9 heteroatoms. The molecule has 0 aromatic heterocycles. The lowest BCUT2D eigenvalue weighted by atomic mass is 9.95. The molecule has 1 atom stereocenters. The zero-order valence-electron chi connectivity index (χ0n) is 13.0. The number of carbonyl (C=O) groups is 2. The Hall–Kier alpha value is -2.61. The number of alkyl halides is 3. The molecule has 0 aliphatic carbocycles. The lowest BCUT2D eigenvalue weighted by Gasteiger charge is -2.15. The van der Waals surface area contributed by atoms with Crippen LogP contribution in [0.4, 0.5) is 23.2 Å². The number of carboxylic acid groups (broad SMARTS) is 1. The van der Waals surface area contributed by atoms with E-state index in [4.69, 9.17) is 11.6 Å². The van der Waals surface area contributed by atoms with Crippen LogP contribution in [0.2, 0.25) is 5.02 Å². The van der Waals surface area contributed by atoms with Crippen LogP contribution in [-0.4, -0.2) is 17.0 Å². The number of carbonyl (C=O) groups excluding carboxylic acids is 1. The Morgan fingerprint density at radius 3 is 2.27 bits per heavy atom. The van der Waals surface area contributed by atoms with E-state index in [9.17, 15) is 32.3 Å². The lowest BCUT2D eigenvalue weighted by molar-refractivity contribution is -0.140. The summed E-state index contributed by atoms with van der Waals surface area (Å²) >= 11 is 5.78. The summed E-state index contributed by atoms with van der Waals surface area (Å²) in [6, 6.07) is 6.94. The Labute approximate surface area is 150 Å². The molecule has 4 nitrogen and oxygen atoms in total. The van der Waals surface area contributed by atoms with Crippen molar-refractivity contribution in [2.75, 3.05) is 5.32 Å². The van der Waals surface area contributed by atoms with Gasteiger partial charge < -0.3 is 10.4 Å². The topological polar surface area (TPSA) is 66.4 Å². The van der Waals surface area contributed by atoms with E-state index in [0.717, 1.165) is 24.3 Å². The number of anilines is 1. The summed E-state index contributed by atoms with van der Waals surface area (Å²) in [4.78, 5) is 23.5. The normalized spacial score (nSPS) is 12.5. The molecule has 0 saturated carbocycles. The summed E-state index contributed by atoms with van der Waals surface area (Å²) in [5.74, 6) is -4.04. The third-order valence-electron chi connectivity index (χ3n) is 3.53. The van der Waals surface area contributed by atoms with Crippen LogP contribution in [0.25, 0.3) is 0 Å². The largest absolute Gasteiger partial charge is 0.481 e. The second-order valence-electron chi connectivity index (χ2n) is 5.39. The van der Waals surface area contributed by atoms with Gasteiger partial charge in [-0.05, 0) is 35.9 Å².